The van der Waals surface area contributed by atoms with E-state index < -0.39 is 0 Å². The molecule has 33 heavy (non-hydrogen) atoms. The molecule has 0 aliphatic carbocycles. The summed E-state index contributed by atoms with van der Waals surface area (Å²) in [6, 6.07) is 32.3. The lowest BCUT2D eigenvalue weighted by Gasteiger charge is -2.17. The van der Waals surface area contributed by atoms with Crippen molar-refractivity contribution in [2.75, 3.05) is 0 Å². The smallest absolute Gasteiger partial charge is 0.124 e. The molecule has 0 saturated carbocycles. The van der Waals surface area contributed by atoms with Crippen LogP contribution in [0.25, 0.3) is 54.6 Å². The average molecular weight is 428 g/mol. The highest BCUT2D eigenvalue weighted by Crippen LogP contribution is 2.47. The molecule has 0 amide bonds. The van der Waals surface area contributed by atoms with E-state index in [0.29, 0.717) is 10.9 Å². The zero-order valence-corrected chi connectivity index (χ0v) is 17.7. The second-order valence-electron chi connectivity index (χ2n) is 8.22. The number of benzene rings is 6. The molecule has 3 N–H and O–H groups in total. The van der Waals surface area contributed by atoms with Gasteiger partial charge in [-0.2, -0.15) is 0 Å². The fourth-order valence-electron chi connectivity index (χ4n) is 4.90. The lowest BCUT2D eigenvalue weighted by atomic mass is 9.87. The Balaban J connectivity index is 1.75. The van der Waals surface area contributed by atoms with Crippen molar-refractivity contribution >= 4 is 32.3 Å². The number of rotatable bonds is 2. The van der Waals surface area contributed by atoms with Crippen molar-refractivity contribution in [3.63, 3.8) is 0 Å². The van der Waals surface area contributed by atoms with Gasteiger partial charge in [-0.05, 0) is 56.3 Å². The lowest BCUT2D eigenvalue weighted by molar-refractivity contribution is 0.477. The summed E-state index contributed by atoms with van der Waals surface area (Å²) in [7, 11) is 0. The Morgan fingerprint density at radius 2 is 0.879 bits per heavy atom. The van der Waals surface area contributed by atoms with E-state index in [1.54, 1.807) is 24.3 Å². The predicted octanol–water partition coefficient (Wildman–Crippen LogP) is 7.60. The lowest BCUT2D eigenvalue weighted by Crippen LogP contribution is -1.90. The molecule has 3 nitrogen and oxygen atoms in total. The van der Waals surface area contributed by atoms with Gasteiger partial charge in [0.2, 0.25) is 0 Å². The Bertz CT molecular complexity index is 1700. The van der Waals surface area contributed by atoms with Gasteiger partial charge in [-0.1, -0.05) is 84.9 Å². The summed E-state index contributed by atoms with van der Waals surface area (Å²) in [5, 5.41) is 38.0. The van der Waals surface area contributed by atoms with E-state index in [9.17, 15) is 15.3 Å². The second kappa shape index (κ2) is 7.28. The van der Waals surface area contributed by atoms with E-state index in [-0.39, 0.29) is 17.2 Å². The summed E-state index contributed by atoms with van der Waals surface area (Å²) in [5.41, 5.74) is 2.95. The van der Waals surface area contributed by atoms with Gasteiger partial charge in [-0.3, -0.25) is 0 Å². The normalized spacial score (nSPS) is 11.4. The highest BCUT2D eigenvalue weighted by Gasteiger charge is 2.19. The van der Waals surface area contributed by atoms with Crippen LogP contribution in [0.3, 0.4) is 0 Å². The summed E-state index contributed by atoms with van der Waals surface area (Å²) >= 11 is 0. The van der Waals surface area contributed by atoms with E-state index in [2.05, 4.69) is 0 Å². The summed E-state index contributed by atoms with van der Waals surface area (Å²) in [6.07, 6.45) is 0. The highest BCUT2D eigenvalue weighted by atomic mass is 16.3. The maximum atomic E-state index is 11.0. The Kier molecular flexibility index (Phi) is 4.24. The molecule has 0 aliphatic rings. The monoisotopic (exact) mass is 428 g/mol. The fraction of sp³-hybridized carbons (Fsp3) is 0. The molecule has 6 rings (SSSR count). The van der Waals surface area contributed by atoms with Crippen LogP contribution in [-0.2, 0) is 0 Å². The number of phenols is 3. The van der Waals surface area contributed by atoms with Crippen molar-refractivity contribution in [3.8, 4) is 39.5 Å². The standard InChI is InChI=1S/C30H20O3/c31-25-11-5-10-22-23(28-20-8-3-1-6-18(20)12-16-26(28)32)14-15-24(30(22)25)29-21-9-4-2-7-19(21)13-17-27(29)33/h1-17,31-33H. The Hall–Kier alpha value is -4.50. The van der Waals surface area contributed by atoms with Crippen molar-refractivity contribution in [2.45, 2.75) is 0 Å². The largest absolute Gasteiger partial charge is 0.507 e. The molecule has 158 valence electrons. The van der Waals surface area contributed by atoms with Crippen LogP contribution in [-0.4, -0.2) is 15.3 Å². The third-order valence-corrected chi connectivity index (χ3v) is 6.37. The molecular formula is C30H20O3. The molecule has 0 fully saturated rings. The number of phenolic OH excluding ortho intramolecular Hbond substituents is 3. The number of aromatic hydroxyl groups is 3. The number of fused-ring (bicyclic) bond motifs is 3. The van der Waals surface area contributed by atoms with Crippen LogP contribution in [0.4, 0.5) is 0 Å². The molecular weight excluding hydrogens is 408 g/mol. The summed E-state index contributed by atoms with van der Waals surface area (Å²) in [4.78, 5) is 0. The van der Waals surface area contributed by atoms with Crippen LogP contribution in [0.1, 0.15) is 0 Å². The summed E-state index contributed by atoms with van der Waals surface area (Å²) in [5.74, 6) is 0.453. The molecule has 6 aromatic rings. The summed E-state index contributed by atoms with van der Waals surface area (Å²) in [6.45, 7) is 0. The van der Waals surface area contributed by atoms with Crippen molar-refractivity contribution < 1.29 is 15.3 Å². The first-order chi connectivity index (χ1) is 16.1. The topological polar surface area (TPSA) is 60.7 Å². The Labute approximate surface area is 190 Å². The minimum atomic E-state index is 0.122. The molecule has 0 unspecified atom stereocenters. The van der Waals surface area contributed by atoms with Crippen LogP contribution in [0.5, 0.6) is 17.2 Å². The SMILES string of the molecule is Oc1ccc2ccccc2c1-c1ccc(-c2c(O)ccc3ccccc23)c2c(O)cccc12. The maximum absolute atomic E-state index is 11.0. The zero-order chi connectivity index (χ0) is 22.5. The van der Waals surface area contributed by atoms with Gasteiger partial charge in [0.05, 0.1) is 0 Å². The molecule has 3 heteroatoms. The Morgan fingerprint density at radius 1 is 0.364 bits per heavy atom. The van der Waals surface area contributed by atoms with Crippen LogP contribution >= 0.6 is 0 Å². The van der Waals surface area contributed by atoms with Gasteiger partial charge >= 0.3 is 0 Å². The molecule has 0 aliphatic heterocycles. The molecule has 0 bridgehead atoms. The van der Waals surface area contributed by atoms with Crippen LogP contribution < -0.4 is 0 Å². The van der Waals surface area contributed by atoms with Gasteiger partial charge in [0, 0.05) is 16.5 Å². The van der Waals surface area contributed by atoms with Crippen LogP contribution in [0, 0.1) is 0 Å². The summed E-state index contributed by atoms with van der Waals surface area (Å²) < 4.78 is 0. The first-order valence-electron chi connectivity index (χ1n) is 10.8. The van der Waals surface area contributed by atoms with Crippen molar-refractivity contribution in [3.05, 3.63) is 103 Å². The van der Waals surface area contributed by atoms with Crippen molar-refractivity contribution in [1.82, 2.24) is 0 Å². The Morgan fingerprint density at radius 3 is 1.52 bits per heavy atom. The van der Waals surface area contributed by atoms with Gasteiger partial charge in [0.1, 0.15) is 17.2 Å². The second-order valence-corrected chi connectivity index (χ2v) is 8.22. The van der Waals surface area contributed by atoms with E-state index in [1.807, 2.05) is 78.9 Å². The molecule has 0 aromatic heterocycles. The van der Waals surface area contributed by atoms with Gasteiger partial charge in [-0.25, -0.2) is 0 Å². The van der Waals surface area contributed by atoms with Gasteiger partial charge in [-0.15, -0.1) is 0 Å². The molecule has 0 radical (unpaired) electrons. The van der Waals surface area contributed by atoms with Gasteiger partial charge in [0.25, 0.3) is 0 Å². The average Bonchev–Trinajstić information content (AvgIpc) is 2.84. The van der Waals surface area contributed by atoms with E-state index >= 15 is 0 Å². The third-order valence-electron chi connectivity index (χ3n) is 6.37. The predicted molar refractivity (Wildman–Crippen MR) is 135 cm³/mol. The molecule has 0 saturated heterocycles. The van der Waals surface area contributed by atoms with Crippen LogP contribution in [0.2, 0.25) is 0 Å². The first kappa shape index (κ1) is 19.2. The zero-order valence-electron chi connectivity index (χ0n) is 17.7. The van der Waals surface area contributed by atoms with Crippen LogP contribution in [0.15, 0.2) is 103 Å². The minimum absolute atomic E-state index is 0.122. The van der Waals surface area contributed by atoms with Crippen molar-refractivity contribution in [1.29, 1.82) is 0 Å². The quantitative estimate of drug-likeness (QED) is 0.266. The maximum Gasteiger partial charge on any atom is 0.124 e. The number of hydrogen-bond acceptors (Lipinski definition) is 3. The van der Waals surface area contributed by atoms with Gasteiger partial charge in [0.15, 0.2) is 0 Å². The van der Waals surface area contributed by atoms with Gasteiger partial charge < -0.3 is 15.3 Å². The number of hydrogen-bond donors (Lipinski definition) is 3. The molecule has 0 spiro atoms. The van der Waals surface area contributed by atoms with E-state index in [1.165, 1.54) is 0 Å². The van der Waals surface area contributed by atoms with Crippen molar-refractivity contribution in [2.24, 2.45) is 0 Å². The fourth-order valence-corrected chi connectivity index (χ4v) is 4.90. The molecule has 0 atom stereocenters. The van der Waals surface area contributed by atoms with E-state index in [0.717, 1.165) is 43.6 Å². The molecule has 0 heterocycles. The highest BCUT2D eigenvalue weighted by molar-refractivity contribution is 6.15. The minimum Gasteiger partial charge on any atom is -0.507 e. The first-order valence-corrected chi connectivity index (χ1v) is 10.8. The molecule has 6 aromatic carbocycles. The third kappa shape index (κ3) is 2.90. The van der Waals surface area contributed by atoms with E-state index in [4.69, 9.17) is 0 Å².